The summed E-state index contributed by atoms with van der Waals surface area (Å²) in [4.78, 5) is 12.8. The number of carbonyl (C=O) groups excluding carboxylic acids is 1. The van der Waals surface area contributed by atoms with E-state index in [9.17, 15) is 4.79 Å². The third-order valence-corrected chi connectivity index (χ3v) is 4.30. The first-order valence-electron chi connectivity index (χ1n) is 7.18. The molecule has 1 atom stereocenters. The van der Waals surface area contributed by atoms with Gasteiger partial charge in [-0.3, -0.25) is 4.79 Å². The average molecular weight is 290 g/mol. The third-order valence-electron chi connectivity index (χ3n) is 4.06. The molecule has 0 heterocycles. The summed E-state index contributed by atoms with van der Waals surface area (Å²) in [5, 5.41) is 3.17. The Labute approximate surface area is 125 Å². The number of benzene rings is 1. The van der Waals surface area contributed by atoms with Gasteiger partial charge in [-0.15, -0.1) is 0 Å². The highest BCUT2D eigenvalue weighted by Crippen LogP contribution is 2.28. The fraction of sp³-hybridized carbons (Fsp3) is 0.500. The fourth-order valence-corrected chi connectivity index (χ4v) is 3.16. The molecular weight excluding hydrogens is 268 g/mol. The van der Waals surface area contributed by atoms with Crippen LogP contribution < -0.4 is 11.1 Å². The zero-order valence-electron chi connectivity index (χ0n) is 11.9. The monoisotopic (exact) mass is 290 g/mol. The summed E-state index contributed by atoms with van der Waals surface area (Å²) in [7, 11) is 0. The SMILES string of the molecule is CC1(NC(=O)C(C(N)=S)c2ccccc2)CCCCC1. The van der Waals surface area contributed by atoms with E-state index >= 15 is 0 Å². The van der Waals surface area contributed by atoms with Gasteiger partial charge in [0, 0.05) is 5.54 Å². The molecule has 0 saturated heterocycles. The molecule has 4 heteroatoms. The van der Waals surface area contributed by atoms with Crippen LogP contribution in [0.1, 0.15) is 50.5 Å². The number of amides is 1. The zero-order chi connectivity index (χ0) is 14.6. The van der Waals surface area contributed by atoms with Crippen molar-refractivity contribution >= 4 is 23.1 Å². The van der Waals surface area contributed by atoms with E-state index in [1.165, 1.54) is 19.3 Å². The van der Waals surface area contributed by atoms with Crippen LogP contribution in [0.5, 0.6) is 0 Å². The topological polar surface area (TPSA) is 55.1 Å². The molecule has 2 rings (SSSR count). The van der Waals surface area contributed by atoms with Crippen molar-refractivity contribution in [2.45, 2.75) is 50.5 Å². The van der Waals surface area contributed by atoms with Gasteiger partial charge in [0.1, 0.15) is 5.92 Å². The molecule has 0 aromatic heterocycles. The van der Waals surface area contributed by atoms with Crippen LogP contribution in [0.4, 0.5) is 0 Å². The third kappa shape index (κ3) is 3.57. The first kappa shape index (κ1) is 15.0. The van der Waals surface area contributed by atoms with Crippen LogP contribution in [0.3, 0.4) is 0 Å². The largest absolute Gasteiger partial charge is 0.392 e. The van der Waals surface area contributed by atoms with Crippen molar-refractivity contribution in [1.82, 2.24) is 5.32 Å². The van der Waals surface area contributed by atoms with Gasteiger partial charge in [-0.1, -0.05) is 61.8 Å². The van der Waals surface area contributed by atoms with Gasteiger partial charge in [0.05, 0.1) is 4.99 Å². The van der Waals surface area contributed by atoms with E-state index in [-0.39, 0.29) is 16.4 Å². The second-order valence-corrected chi connectivity index (χ2v) is 6.33. The molecule has 0 aliphatic heterocycles. The van der Waals surface area contributed by atoms with Gasteiger partial charge in [-0.25, -0.2) is 0 Å². The smallest absolute Gasteiger partial charge is 0.234 e. The van der Waals surface area contributed by atoms with Gasteiger partial charge < -0.3 is 11.1 Å². The van der Waals surface area contributed by atoms with Crippen LogP contribution in [0, 0.1) is 0 Å². The quantitative estimate of drug-likeness (QED) is 0.838. The minimum absolute atomic E-state index is 0.0758. The highest BCUT2D eigenvalue weighted by atomic mass is 32.1. The number of thiocarbonyl (C=S) groups is 1. The highest BCUT2D eigenvalue weighted by molar-refractivity contribution is 7.80. The van der Waals surface area contributed by atoms with Crippen molar-refractivity contribution < 1.29 is 4.79 Å². The molecule has 0 radical (unpaired) electrons. The maximum atomic E-state index is 12.6. The molecule has 0 spiro atoms. The molecule has 3 N–H and O–H groups in total. The summed E-state index contributed by atoms with van der Waals surface area (Å²) in [5.41, 5.74) is 6.53. The number of hydrogen-bond donors (Lipinski definition) is 2. The lowest BCUT2D eigenvalue weighted by molar-refractivity contribution is -0.123. The Morgan fingerprint density at radius 3 is 2.40 bits per heavy atom. The zero-order valence-corrected chi connectivity index (χ0v) is 12.7. The van der Waals surface area contributed by atoms with Crippen LogP contribution in [0.25, 0.3) is 0 Å². The maximum absolute atomic E-state index is 12.6. The number of hydrogen-bond acceptors (Lipinski definition) is 2. The van der Waals surface area contributed by atoms with Crippen molar-refractivity contribution in [3.8, 4) is 0 Å². The van der Waals surface area contributed by atoms with Gasteiger partial charge in [0.15, 0.2) is 0 Å². The summed E-state index contributed by atoms with van der Waals surface area (Å²) in [6, 6.07) is 9.51. The minimum atomic E-state index is -0.537. The molecule has 1 amide bonds. The van der Waals surface area contributed by atoms with Gasteiger partial charge in [0.2, 0.25) is 5.91 Å². The van der Waals surface area contributed by atoms with Crippen molar-refractivity contribution in [2.24, 2.45) is 5.73 Å². The van der Waals surface area contributed by atoms with E-state index < -0.39 is 5.92 Å². The first-order valence-corrected chi connectivity index (χ1v) is 7.59. The minimum Gasteiger partial charge on any atom is -0.392 e. The van der Waals surface area contributed by atoms with Gasteiger partial charge in [0.25, 0.3) is 0 Å². The van der Waals surface area contributed by atoms with Gasteiger partial charge in [-0.2, -0.15) is 0 Å². The molecule has 1 aromatic carbocycles. The van der Waals surface area contributed by atoms with Crippen LogP contribution in [-0.2, 0) is 4.79 Å². The number of nitrogens with two attached hydrogens (primary N) is 1. The lowest BCUT2D eigenvalue weighted by Gasteiger charge is -2.35. The lowest BCUT2D eigenvalue weighted by Crippen LogP contribution is -2.50. The van der Waals surface area contributed by atoms with Crippen LogP contribution in [0.15, 0.2) is 30.3 Å². The van der Waals surface area contributed by atoms with E-state index in [0.717, 1.165) is 18.4 Å². The van der Waals surface area contributed by atoms with Crippen molar-refractivity contribution in [2.75, 3.05) is 0 Å². The Morgan fingerprint density at radius 1 is 1.25 bits per heavy atom. The molecular formula is C16H22N2OS. The summed E-state index contributed by atoms with van der Waals surface area (Å²) in [6.45, 7) is 2.12. The molecule has 20 heavy (non-hydrogen) atoms. The number of rotatable bonds is 4. The van der Waals surface area contributed by atoms with Crippen molar-refractivity contribution in [1.29, 1.82) is 0 Å². The predicted molar refractivity (Wildman–Crippen MR) is 85.6 cm³/mol. The molecule has 1 saturated carbocycles. The van der Waals surface area contributed by atoms with E-state index in [2.05, 4.69) is 12.2 Å². The second kappa shape index (κ2) is 6.35. The Kier molecular flexibility index (Phi) is 4.76. The average Bonchev–Trinajstić information content (AvgIpc) is 2.39. The Morgan fingerprint density at radius 2 is 1.85 bits per heavy atom. The molecule has 1 unspecified atom stereocenters. The van der Waals surface area contributed by atoms with Gasteiger partial charge in [-0.05, 0) is 25.3 Å². The Balaban J connectivity index is 2.14. The number of carbonyl (C=O) groups is 1. The normalized spacial score (nSPS) is 19.1. The second-order valence-electron chi connectivity index (χ2n) is 5.86. The summed E-state index contributed by atoms with van der Waals surface area (Å²) in [6.07, 6.45) is 5.64. The van der Waals surface area contributed by atoms with Crippen LogP contribution >= 0.6 is 12.2 Å². The summed E-state index contributed by atoms with van der Waals surface area (Å²) >= 11 is 5.10. The van der Waals surface area contributed by atoms with E-state index in [1.54, 1.807) is 0 Å². The molecule has 1 aliphatic rings. The fourth-order valence-electron chi connectivity index (χ4n) is 2.92. The Hall–Kier alpha value is -1.42. The molecule has 1 aliphatic carbocycles. The summed E-state index contributed by atoms with van der Waals surface area (Å²) < 4.78 is 0. The number of nitrogens with one attached hydrogen (secondary N) is 1. The van der Waals surface area contributed by atoms with Gasteiger partial charge >= 0.3 is 0 Å². The molecule has 3 nitrogen and oxygen atoms in total. The van der Waals surface area contributed by atoms with Crippen molar-refractivity contribution in [3.05, 3.63) is 35.9 Å². The Bertz CT molecular complexity index is 481. The molecule has 1 aromatic rings. The highest BCUT2D eigenvalue weighted by Gasteiger charge is 2.32. The lowest BCUT2D eigenvalue weighted by atomic mass is 9.82. The van der Waals surface area contributed by atoms with Crippen LogP contribution in [-0.4, -0.2) is 16.4 Å². The van der Waals surface area contributed by atoms with Crippen LogP contribution in [0.2, 0.25) is 0 Å². The van der Waals surface area contributed by atoms with E-state index in [0.29, 0.717) is 0 Å². The maximum Gasteiger partial charge on any atom is 0.234 e. The van der Waals surface area contributed by atoms with E-state index in [4.69, 9.17) is 18.0 Å². The van der Waals surface area contributed by atoms with E-state index in [1.807, 2.05) is 30.3 Å². The molecule has 0 bridgehead atoms. The summed E-state index contributed by atoms with van der Waals surface area (Å²) in [5.74, 6) is -0.613. The standard InChI is InChI=1S/C16H22N2OS/c1-16(10-6-3-7-11-16)18-15(19)13(14(17)20)12-8-4-2-5-9-12/h2,4-5,8-9,13H,3,6-7,10-11H2,1H3,(H2,17,20)(H,18,19). The first-order chi connectivity index (χ1) is 9.52. The molecule has 108 valence electrons. The predicted octanol–water partition coefficient (Wildman–Crippen LogP) is 2.90. The molecule has 1 fully saturated rings. The van der Waals surface area contributed by atoms with Crippen molar-refractivity contribution in [3.63, 3.8) is 0 Å².